The van der Waals surface area contributed by atoms with E-state index in [4.69, 9.17) is 23.2 Å². The Morgan fingerprint density at radius 3 is 2.75 bits per heavy atom. The summed E-state index contributed by atoms with van der Waals surface area (Å²) < 4.78 is -1.20. The Kier molecular flexibility index (Phi) is 3.38. The van der Waals surface area contributed by atoms with Gasteiger partial charge in [-0.25, -0.2) is 0 Å². The lowest BCUT2D eigenvalue weighted by Crippen LogP contribution is -2.40. The summed E-state index contributed by atoms with van der Waals surface area (Å²) in [6.45, 7) is 4.12. The second kappa shape index (κ2) is 4.34. The summed E-state index contributed by atoms with van der Waals surface area (Å²) in [4.78, 5) is 12.1. The van der Waals surface area contributed by atoms with E-state index in [1.165, 1.54) is 12.0 Å². The van der Waals surface area contributed by atoms with Gasteiger partial charge in [-0.2, -0.15) is 0 Å². The lowest BCUT2D eigenvalue weighted by atomic mass is 9.76. The standard InChI is InChI=1S/C13H18Cl2O/c1-8-3-5-10-6-4-9(2)12(16)13(14,15)11(10)7-8/h6,8-9,11H,3-5,7H2,1-2H3/t8?,9-,11+/m0/s1. The van der Waals surface area contributed by atoms with Crippen LogP contribution in [0.2, 0.25) is 0 Å². The molecule has 0 saturated heterocycles. The van der Waals surface area contributed by atoms with E-state index in [-0.39, 0.29) is 17.6 Å². The van der Waals surface area contributed by atoms with Crippen molar-refractivity contribution in [3.05, 3.63) is 11.6 Å². The molecule has 0 heterocycles. The van der Waals surface area contributed by atoms with E-state index in [2.05, 4.69) is 13.0 Å². The molecular formula is C13H18Cl2O. The summed E-state index contributed by atoms with van der Waals surface area (Å²) in [5, 5.41) is 0. The van der Waals surface area contributed by atoms with Gasteiger partial charge in [-0.1, -0.05) is 48.7 Å². The molecule has 16 heavy (non-hydrogen) atoms. The van der Waals surface area contributed by atoms with Gasteiger partial charge in [0.1, 0.15) is 0 Å². The minimum Gasteiger partial charge on any atom is -0.296 e. The van der Waals surface area contributed by atoms with Crippen molar-refractivity contribution in [1.82, 2.24) is 0 Å². The maximum atomic E-state index is 12.1. The first kappa shape index (κ1) is 12.4. The summed E-state index contributed by atoms with van der Waals surface area (Å²) in [7, 11) is 0. The summed E-state index contributed by atoms with van der Waals surface area (Å²) in [6, 6.07) is 0. The fourth-order valence-electron chi connectivity index (χ4n) is 2.82. The van der Waals surface area contributed by atoms with Gasteiger partial charge in [0.15, 0.2) is 10.1 Å². The fraction of sp³-hybridized carbons (Fsp3) is 0.769. The predicted octanol–water partition coefficient (Wildman–Crippen LogP) is 4.13. The Hall–Kier alpha value is -0.0100. The van der Waals surface area contributed by atoms with E-state index < -0.39 is 4.33 Å². The first-order valence-electron chi connectivity index (χ1n) is 6.04. The van der Waals surface area contributed by atoms with Crippen molar-refractivity contribution < 1.29 is 4.79 Å². The molecule has 0 bridgehead atoms. The zero-order chi connectivity index (χ0) is 11.9. The molecule has 0 aromatic rings. The highest BCUT2D eigenvalue weighted by molar-refractivity contribution is 6.58. The molecule has 0 N–H and O–H groups in total. The molecule has 3 atom stereocenters. The lowest BCUT2D eigenvalue weighted by Gasteiger charge is -2.36. The van der Waals surface area contributed by atoms with Crippen LogP contribution in [0.4, 0.5) is 0 Å². The van der Waals surface area contributed by atoms with Gasteiger partial charge in [-0.05, 0) is 31.6 Å². The average Bonchev–Trinajstić information content (AvgIpc) is 2.31. The molecule has 2 aliphatic rings. The number of Topliss-reactive ketones (excluding diaryl/α,β-unsaturated/α-hetero) is 1. The maximum absolute atomic E-state index is 12.1. The third-order valence-electron chi connectivity index (χ3n) is 3.96. The van der Waals surface area contributed by atoms with Crippen LogP contribution in [0.15, 0.2) is 11.6 Å². The Morgan fingerprint density at radius 2 is 2.06 bits per heavy atom. The number of alkyl halides is 2. The second-order valence-corrected chi connectivity index (χ2v) is 6.72. The van der Waals surface area contributed by atoms with E-state index in [1.54, 1.807) is 0 Å². The van der Waals surface area contributed by atoms with Gasteiger partial charge in [0.2, 0.25) is 0 Å². The number of carbonyl (C=O) groups excluding carboxylic acids is 1. The summed E-state index contributed by atoms with van der Waals surface area (Å²) in [5.41, 5.74) is 1.31. The second-order valence-electron chi connectivity index (χ2n) is 5.34. The quantitative estimate of drug-likeness (QED) is 0.473. The molecule has 1 saturated carbocycles. The molecule has 0 aliphatic heterocycles. The number of allylic oxidation sites excluding steroid dienone is 2. The van der Waals surface area contributed by atoms with Crippen LogP contribution in [0, 0.1) is 17.8 Å². The van der Waals surface area contributed by atoms with Crippen LogP contribution in [0.25, 0.3) is 0 Å². The Balaban J connectivity index is 2.35. The maximum Gasteiger partial charge on any atom is 0.182 e. The average molecular weight is 261 g/mol. The van der Waals surface area contributed by atoms with Crippen molar-refractivity contribution in [2.45, 2.75) is 43.9 Å². The number of halogens is 2. The third kappa shape index (κ3) is 2.04. The van der Waals surface area contributed by atoms with Gasteiger partial charge in [0.05, 0.1) is 0 Å². The molecule has 0 radical (unpaired) electrons. The van der Waals surface area contributed by atoms with Crippen molar-refractivity contribution in [2.75, 3.05) is 0 Å². The van der Waals surface area contributed by atoms with Crippen LogP contribution in [-0.4, -0.2) is 10.1 Å². The van der Waals surface area contributed by atoms with Crippen molar-refractivity contribution >= 4 is 29.0 Å². The highest BCUT2D eigenvalue weighted by Crippen LogP contribution is 2.48. The van der Waals surface area contributed by atoms with Gasteiger partial charge in [-0.15, -0.1) is 0 Å². The normalized spacial score (nSPS) is 38.6. The van der Waals surface area contributed by atoms with Gasteiger partial charge in [0.25, 0.3) is 0 Å². The van der Waals surface area contributed by atoms with Gasteiger partial charge in [-0.3, -0.25) is 4.79 Å². The number of fused-ring (bicyclic) bond motifs is 1. The van der Waals surface area contributed by atoms with Crippen LogP contribution in [-0.2, 0) is 4.79 Å². The summed E-state index contributed by atoms with van der Waals surface area (Å²) in [5.74, 6) is 0.599. The van der Waals surface area contributed by atoms with E-state index in [0.29, 0.717) is 5.92 Å². The van der Waals surface area contributed by atoms with Gasteiger partial charge < -0.3 is 0 Å². The predicted molar refractivity (Wildman–Crippen MR) is 67.8 cm³/mol. The molecule has 1 unspecified atom stereocenters. The smallest absolute Gasteiger partial charge is 0.182 e. The summed E-state index contributed by atoms with van der Waals surface area (Å²) in [6.07, 6.45) is 6.17. The zero-order valence-corrected chi connectivity index (χ0v) is 11.3. The topological polar surface area (TPSA) is 17.1 Å². The Morgan fingerprint density at radius 1 is 1.38 bits per heavy atom. The molecule has 1 fully saturated rings. The number of carbonyl (C=O) groups is 1. The molecule has 90 valence electrons. The zero-order valence-electron chi connectivity index (χ0n) is 9.80. The summed E-state index contributed by atoms with van der Waals surface area (Å²) >= 11 is 12.7. The molecule has 3 heteroatoms. The van der Waals surface area contributed by atoms with E-state index >= 15 is 0 Å². The number of ketones is 1. The monoisotopic (exact) mass is 260 g/mol. The number of hydrogen-bond donors (Lipinski definition) is 0. The van der Waals surface area contributed by atoms with Crippen molar-refractivity contribution in [3.63, 3.8) is 0 Å². The van der Waals surface area contributed by atoms with Crippen molar-refractivity contribution in [3.8, 4) is 0 Å². The first-order chi connectivity index (χ1) is 7.43. The molecule has 0 aromatic carbocycles. The SMILES string of the molecule is CC1CCC2=CC[C@H](C)C(=O)C(Cl)(Cl)[C@@H]2C1. The number of rotatable bonds is 0. The van der Waals surface area contributed by atoms with Crippen LogP contribution < -0.4 is 0 Å². The van der Waals surface area contributed by atoms with Crippen LogP contribution in [0.5, 0.6) is 0 Å². The minimum absolute atomic E-state index is 0.00110. The Bertz CT molecular complexity index is 333. The van der Waals surface area contributed by atoms with Crippen LogP contribution in [0.1, 0.15) is 39.5 Å². The molecular weight excluding hydrogens is 243 g/mol. The van der Waals surface area contributed by atoms with E-state index in [1.807, 2.05) is 6.92 Å². The van der Waals surface area contributed by atoms with E-state index in [0.717, 1.165) is 19.3 Å². The fourth-order valence-corrected chi connectivity index (χ4v) is 3.65. The largest absolute Gasteiger partial charge is 0.296 e. The molecule has 0 spiro atoms. The van der Waals surface area contributed by atoms with Crippen molar-refractivity contribution in [2.24, 2.45) is 17.8 Å². The first-order valence-corrected chi connectivity index (χ1v) is 6.79. The van der Waals surface area contributed by atoms with Gasteiger partial charge >= 0.3 is 0 Å². The molecule has 2 aliphatic carbocycles. The lowest BCUT2D eigenvalue weighted by molar-refractivity contribution is -0.123. The molecule has 0 amide bonds. The molecule has 2 rings (SSSR count). The highest BCUT2D eigenvalue weighted by Gasteiger charge is 2.48. The minimum atomic E-state index is -1.20. The third-order valence-corrected chi connectivity index (χ3v) is 4.86. The number of hydrogen-bond acceptors (Lipinski definition) is 1. The van der Waals surface area contributed by atoms with Crippen molar-refractivity contribution in [1.29, 1.82) is 0 Å². The highest BCUT2D eigenvalue weighted by atomic mass is 35.5. The van der Waals surface area contributed by atoms with Gasteiger partial charge in [0, 0.05) is 11.8 Å². The Labute approximate surface area is 107 Å². The van der Waals surface area contributed by atoms with E-state index in [9.17, 15) is 4.79 Å². The van der Waals surface area contributed by atoms with Crippen LogP contribution >= 0.6 is 23.2 Å². The molecule has 0 aromatic heterocycles. The van der Waals surface area contributed by atoms with Crippen LogP contribution in [0.3, 0.4) is 0 Å². The molecule has 1 nitrogen and oxygen atoms in total.